The lowest BCUT2D eigenvalue weighted by Gasteiger charge is -2.12. The highest BCUT2D eigenvalue weighted by Crippen LogP contribution is 2.39. The smallest absolute Gasteiger partial charge is 0.255 e. The summed E-state index contributed by atoms with van der Waals surface area (Å²) in [4.78, 5) is 18.7. The summed E-state index contributed by atoms with van der Waals surface area (Å²) in [6, 6.07) is 10.5. The molecule has 0 radical (unpaired) electrons. The van der Waals surface area contributed by atoms with Gasteiger partial charge in [0.05, 0.1) is 18.4 Å². The number of aliphatic imine (C=N–C) groups is 1. The van der Waals surface area contributed by atoms with Gasteiger partial charge >= 0.3 is 0 Å². The Morgan fingerprint density at radius 3 is 2.96 bits per heavy atom. The first-order chi connectivity index (χ1) is 13.2. The number of carbonyl (C=O) groups is 1. The molecule has 0 saturated carbocycles. The van der Waals surface area contributed by atoms with Crippen LogP contribution in [0.15, 0.2) is 52.1 Å². The molecule has 3 aromatic rings. The van der Waals surface area contributed by atoms with E-state index in [0.717, 1.165) is 47.6 Å². The first kappa shape index (κ1) is 17.5. The second kappa shape index (κ2) is 7.80. The number of furan rings is 1. The number of carbonyl (C=O) groups excluding carboxylic acids is 1. The number of nitrogens with zero attached hydrogens (tertiary/aromatic N) is 1. The molecule has 0 atom stereocenters. The first-order valence-corrected chi connectivity index (χ1v) is 9.80. The summed E-state index contributed by atoms with van der Waals surface area (Å²) in [6.45, 7) is 0.353. The number of hydrogen-bond donors (Lipinski definition) is 2. The number of phenols is 1. The third kappa shape index (κ3) is 3.95. The van der Waals surface area contributed by atoms with Crippen molar-refractivity contribution >= 4 is 28.5 Å². The zero-order valence-electron chi connectivity index (χ0n) is 14.8. The van der Waals surface area contributed by atoms with E-state index in [4.69, 9.17) is 4.42 Å². The topological polar surface area (TPSA) is 74.8 Å². The number of thiophene rings is 1. The van der Waals surface area contributed by atoms with Crippen LogP contribution < -0.4 is 5.32 Å². The monoisotopic (exact) mass is 380 g/mol. The van der Waals surface area contributed by atoms with Crippen LogP contribution in [0.2, 0.25) is 0 Å². The van der Waals surface area contributed by atoms with Crippen molar-refractivity contribution in [2.45, 2.75) is 32.2 Å². The first-order valence-electron chi connectivity index (χ1n) is 8.99. The normalized spacial score (nSPS) is 13.6. The Bertz CT molecular complexity index is 973. The summed E-state index contributed by atoms with van der Waals surface area (Å²) >= 11 is 1.59. The van der Waals surface area contributed by atoms with Gasteiger partial charge in [-0.25, -0.2) is 4.99 Å². The summed E-state index contributed by atoms with van der Waals surface area (Å²) in [7, 11) is 0. The number of phenolic OH excluding ortho intramolecular Hbond substituents is 1. The standard InChI is InChI=1S/C21H20N2O3S/c24-15-6-3-5-14(11-15)12-23-21-19(17-8-1-2-9-18(17)27-21)20(25)22-13-16-7-4-10-26-16/h3-7,10-12,24H,1-2,8-9,13H2,(H,22,25). The largest absolute Gasteiger partial charge is 0.508 e. The third-order valence-electron chi connectivity index (χ3n) is 4.58. The minimum absolute atomic E-state index is 0.117. The van der Waals surface area contributed by atoms with Gasteiger partial charge in [0.15, 0.2) is 0 Å². The van der Waals surface area contributed by atoms with Crippen molar-refractivity contribution in [1.29, 1.82) is 0 Å². The summed E-state index contributed by atoms with van der Waals surface area (Å²) in [6.07, 6.45) is 7.45. The molecule has 1 aromatic carbocycles. The van der Waals surface area contributed by atoms with Gasteiger partial charge in [0.25, 0.3) is 5.91 Å². The second-order valence-corrected chi connectivity index (χ2v) is 7.59. The lowest BCUT2D eigenvalue weighted by molar-refractivity contribution is 0.0948. The Morgan fingerprint density at radius 1 is 1.26 bits per heavy atom. The number of benzene rings is 1. The molecule has 0 unspecified atom stereocenters. The van der Waals surface area contributed by atoms with Gasteiger partial charge in [-0.1, -0.05) is 12.1 Å². The van der Waals surface area contributed by atoms with Crippen LogP contribution in [0.5, 0.6) is 5.75 Å². The van der Waals surface area contributed by atoms with E-state index in [-0.39, 0.29) is 11.7 Å². The highest BCUT2D eigenvalue weighted by Gasteiger charge is 2.25. The van der Waals surface area contributed by atoms with Crippen LogP contribution in [0.1, 0.15) is 45.0 Å². The number of nitrogens with one attached hydrogen (secondary N) is 1. The fourth-order valence-electron chi connectivity index (χ4n) is 3.28. The van der Waals surface area contributed by atoms with E-state index >= 15 is 0 Å². The molecule has 2 N–H and O–H groups in total. The second-order valence-electron chi connectivity index (χ2n) is 6.51. The van der Waals surface area contributed by atoms with Gasteiger partial charge in [0, 0.05) is 11.1 Å². The SMILES string of the molecule is O=C(NCc1ccco1)c1c(N=Cc2cccc(O)c2)sc2c1CCCC2. The van der Waals surface area contributed by atoms with E-state index < -0.39 is 0 Å². The van der Waals surface area contributed by atoms with Crippen LogP contribution in [-0.4, -0.2) is 17.2 Å². The van der Waals surface area contributed by atoms with Crippen LogP contribution in [0, 0.1) is 0 Å². The van der Waals surface area contributed by atoms with Crippen molar-refractivity contribution in [3.05, 3.63) is 70.0 Å². The van der Waals surface area contributed by atoms with Crippen LogP contribution in [0.4, 0.5) is 5.00 Å². The number of rotatable bonds is 5. The minimum Gasteiger partial charge on any atom is -0.508 e. The number of fused-ring (bicyclic) bond motifs is 1. The molecule has 0 fully saturated rings. The van der Waals surface area contributed by atoms with Crippen molar-refractivity contribution in [3.63, 3.8) is 0 Å². The average molecular weight is 380 g/mol. The molecular formula is C21H20N2O3S. The van der Waals surface area contributed by atoms with Crippen molar-refractivity contribution < 1.29 is 14.3 Å². The Morgan fingerprint density at radius 2 is 2.15 bits per heavy atom. The average Bonchev–Trinajstić information content (AvgIpc) is 3.32. The van der Waals surface area contributed by atoms with Gasteiger partial charge in [-0.3, -0.25) is 4.79 Å². The number of aryl methyl sites for hydroxylation is 1. The van der Waals surface area contributed by atoms with E-state index in [0.29, 0.717) is 12.1 Å². The molecule has 138 valence electrons. The molecule has 0 bridgehead atoms. The molecule has 2 heterocycles. The number of aromatic hydroxyl groups is 1. The molecule has 4 rings (SSSR count). The van der Waals surface area contributed by atoms with E-state index in [9.17, 15) is 9.90 Å². The van der Waals surface area contributed by atoms with Crippen molar-refractivity contribution in [1.82, 2.24) is 5.32 Å². The van der Waals surface area contributed by atoms with E-state index in [2.05, 4.69) is 10.3 Å². The zero-order valence-corrected chi connectivity index (χ0v) is 15.6. The zero-order chi connectivity index (χ0) is 18.6. The van der Waals surface area contributed by atoms with E-state index in [1.54, 1.807) is 48.1 Å². The molecule has 0 saturated heterocycles. The molecule has 1 aliphatic rings. The van der Waals surface area contributed by atoms with E-state index in [1.807, 2.05) is 12.1 Å². The summed E-state index contributed by atoms with van der Waals surface area (Å²) in [5, 5.41) is 13.3. The van der Waals surface area contributed by atoms with Gasteiger partial charge in [-0.2, -0.15) is 0 Å². The summed E-state index contributed by atoms with van der Waals surface area (Å²) in [5.41, 5.74) is 2.60. The van der Waals surface area contributed by atoms with E-state index in [1.165, 1.54) is 4.88 Å². The lowest BCUT2D eigenvalue weighted by Crippen LogP contribution is -2.23. The van der Waals surface area contributed by atoms with Crippen molar-refractivity contribution in [2.75, 3.05) is 0 Å². The van der Waals surface area contributed by atoms with Gasteiger partial charge in [-0.05, 0) is 61.1 Å². The Kier molecular flexibility index (Phi) is 5.07. The maximum atomic E-state index is 12.9. The van der Waals surface area contributed by atoms with Crippen LogP contribution in [0.3, 0.4) is 0 Å². The maximum Gasteiger partial charge on any atom is 0.255 e. The quantitative estimate of drug-likeness (QED) is 0.635. The highest BCUT2D eigenvalue weighted by atomic mass is 32.1. The van der Waals surface area contributed by atoms with Gasteiger partial charge < -0.3 is 14.8 Å². The molecular weight excluding hydrogens is 360 g/mol. The fourth-order valence-corrected chi connectivity index (χ4v) is 4.51. The molecule has 2 aromatic heterocycles. The number of hydrogen-bond acceptors (Lipinski definition) is 5. The number of amides is 1. The molecule has 6 heteroatoms. The lowest BCUT2D eigenvalue weighted by atomic mass is 9.95. The molecule has 1 amide bonds. The van der Waals surface area contributed by atoms with Crippen LogP contribution in [0.25, 0.3) is 0 Å². The Hall–Kier alpha value is -2.86. The molecule has 1 aliphatic carbocycles. The van der Waals surface area contributed by atoms with Crippen LogP contribution in [-0.2, 0) is 19.4 Å². The minimum atomic E-state index is -0.117. The van der Waals surface area contributed by atoms with Gasteiger partial charge in [-0.15, -0.1) is 11.3 Å². The Balaban J connectivity index is 1.62. The summed E-state index contributed by atoms with van der Waals surface area (Å²) in [5.74, 6) is 0.798. The fraction of sp³-hybridized carbons (Fsp3) is 0.238. The molecule has 0 aliphatic heterocycles. The van der Waals surface area contributed by atoms with Gasteiger partial charge in [0.2, 0.25) is 0 Å². The maximum absolute atomic E-state index is 12.9. The van der Waals surface area contributed by atoms with Gasteiger partial charge in [0.1, 0.15) is 16.5 Å². The predicted octanol–water partition coefficient (Wildman–Crippen LogP) is 4.61. The van der Waals surface area contributed by atoms with Crippen LogP contribution >= 0.6 is 11.3 Å². The third-order valence-corrected chi connectivity index (χ3v) is 5.78. The Labute approximate surface area is 161 Å². The molecule has 5 nitrogen and oxygen atoms in total. The van der Waals surface area contributed by atoms with Crippen molar-refractivity contribution in [2.24, 2.45) is 4.99 Å². The molecule has 0 spiro atoms. The highest BCUT2D eigenvalue weighted by molar-refractivity contribution is 7.16. The van der Waals surface area contributed by atoms with Crippen molar-refractivity contribution in [3.8, 4) is 5.75 Å². The summed E-state index contributed by atoms with van der Waals surface area (Å²) < 4.78 is 5.30. The predicted molar refractivity (Wildman–Crippen MR) is 106 cm³/mol. The molecule has 27 heavy (non-hydrogen) atoms.